The van der Waals surface area contributed by atoms with Gasteiger partial charge in [-0.1, -0.05) is 39.0 Å². The molecule has 1 fully saturated rings. The summed E-state index contributed by atoms with van der Waals surface area (Å²) in [4.78, 5) is 34.4. The summed E-state index contributed by atoms with van der Waals surface area (Å²) in [6, 6.07) is 7.02. The minimum atomic E-state index is -2.10. The van der Waals surface area contributed by atoms with Crippen LogP contribution in [0.5, 0.6) is 0 Å². The largest absolute Gasteiger partial charge is 0.464 e. The Labute approximate surface area is 210 Å². The van der Waals surface area contributed by atoms with Crippen molar-refractivity contribution in [2.45, 2.75) is 83.7 Å². The van der Waals surface area contributed by atoms with Gasteiger partial charge in [0.2, 0.25) is 5.91 Å². The molecule has 2 aliphatic rings. The number of nitrogens with one attached hydrogen (secondary N) is 1. The number of nitrogens with zero attached hydrogens (tertiary/aromatic N) is 2. The number of H-pyrrole nitrogens is 1. The number of carbonyl (C=O) groups is 2. The third-order valence-electron chi connectivity index (χ3n) is 8.17. The van der Waals surface area contributed by atoms with Crippen molar-refractivity contribution in [1.82, 2.24) is 14.8 Å². The van der Waals surface area contributed by atoms with E-state index in [1.54, 1.807) is 18.7 Å². The molecule has 1 N–H and O–H groups in total. The van der Waals surface area contributed by atoms with E-state index in [1.807, 2.05) is 18.2 Å². The molecule has 1 saturated heterocycles. The third-order valence-corrected chi connectivity index (χ3v) is 12.7. The molecule has 0 saturated carbocycles. The smallest absolute Gasteiger partial charge is 0.335 e. The zero-order valence-corrected chi connectivity index (χ0v) is 23.3. The average Bonchev–Trinajstić information content (AvgIpc) is 3.44. The van der Waals surface area contributed by atoms with Crippen molar-refractivity contribution in [2.75, 3.05) is 26.3 Å². The average molecular weight is 500 g/mol. The van der Waals surface area contributed by atoms with Crippen LogP contribution in [0.3, 0.4) is 0 Å². The van der Waals surface area contributed by atoms with Crippen LogP contribution in [0.1, 0.15) is 70.8 Å². The van der Waals surface area contributed by atoms with Gasteiger partial charge in [-0.05, 0) is 57.1 Å². The number of esters is 1. The van der Waals surface area contributed by atoms with Gasteiger partial charge in [-0.25, -0.2) is 4.79 Å². The summed E-state index contributed by atoms with van der Waals surface area (Å²) < 4.78 is 12.3. The Balaban J connectivity index is 1.90. The maximum absolute atomic E-state index is 13.4. The van der Waals surface area contributed by atoms with Crippen LogP contribution in [0.2, 0.25) is 18.1 Å². The highest BCUT2D eigenvalue weighted by atomic mass is 28.4. The predicted molar refractivity (Wildman–Crippen MR) is 141 cm³/mol. The van der Waals surface area contributed by atoms with Crippen LogP contribution in [-0.4, -0.2) is 67.3 Å². The van der Waals surface area contributed by atoms with Crippen LogP contribution in [0.4, 0.5) is 0 Å². The van der Waals surface area contributed by atoms with Gasteiger partial charge in [0.05, 0.1) is 31.0 Å². The van der Waals surface area contributed by atoms with Crippen molar-refractivity contribution >= 4 is 31.1 Å². The van der Waals surface area contributed by atoms with Crippen molar-refractivity contribution in [3.63, 3.8) is 0 Å². The molecule has 0 radical (unpaired) electrons. The Hall–Kier alpha value is -2.16. The van der Waals surface area contributed by atoms with Crippen molar-refractivity contribution in [2.24, 2.45) is 0 Å². The fourth-order valence-corrected chi connectivity index (χ4v) is 6.41. The van der Waals surface area contributed by atoms with Gasteiger partial charge in [0, 0.05) is 23.4 Å². The molecule has 7 nitrogen and oxygen atoms in total. The second-order valence-corrected chi connectivity index (χ2v) is 16.2. The van der Waals surface area contributed by atoms with Gasteiger partial charge in [0.25, 0.3) is 0 Å². The van der Waals surface area contributed by atoms with Gasteiger partial charge in [0.15, 0.2) is 14.4 Å². The highest BCUT2D eigenvalue weighted by molar-refractivity contribution is 6.74. The Morgan fingerprint density at radius 3 is 2.40 bits per heavy atom. The first-order chi connectivity index (χ1) is 16.5. The number of para-hydroxylation sites is 1. The number of aromatic nitrogens is 1. The van der Waals surface area contributed by atoms with Crippen LogP contribution in [0.25, 0.3) is 10.9 Å². The first-order valence-electron chi connectivity index (χ1n) is 12.9. The zero-order valence-electron chi connectivity index (χ0n) is 22.3. The molecule has 3 atom stereocenters. The van der Waals surface area contributed by atoms with E-state index in [4.69, 9.17) is 9.16 Å². The summed E-state index contributed by atoms with van der Waals surface area (Å²) in [6.07, 6.45) is 2.26. The van der Waals surface area contributed by atoms with Gasteiger partial charge in [-0.2, -0.15) is 0 Å². The van der Waals surface area contributed by atoms with Crippen LogP contribution >= 0.6 is 0 Å². The van der Waals surface area contributed by atoms with Crippen molar-refractivity contribution < 1.29 is 18.8 Å². The Kier molecular flexibility index (Phi) is 7.19. The third kappa shape index (κ3) is 4.68. The minimum Gasteiger partial charge on any atom is -0.464 e. The van der Waals surface area contributed by atoms with E-state index in [1.165, 1.54) is 0 Å². The van der Waals surface area contributed by atoms with Crippen LogP contribution < -0.4 is 0 Å². The first kappa shape index (κ1) is 25.9. The Bertz CT molecular complexity index is 1080. The van der Waals surface area contributed by atoms with Crippen LogP contribution in [-0.2, 0) is 18.8 Å². The fraction of sp³-hybridized carbons (Fsp3) is 0.630. The van der Waals surface area contributed by atoms with E-state index < -0.39 is 20.3 Å². The lowest BCUT2D eigenvalue weighted by molar-refractivity contribution is -0.160. The number of fused-ring (bicyclic) bond motifs is 3. The maximum atomic E-state index is 13.4. The van der Waals surface area contributed by atoms with E-state index in [2.05, 4.69) is 49.8 Å². The molecule has 0 unspecified atom stereocenters. The molecule has 35 heavy (non-hydrogen) atoms. The number of rotatable bonds is 6. The minimum absolute atomic E-state index is 0.0400. The summed E-state index contributed by atoms with van der Waals surface area (Å²) in [5, 5.41) is 1.15. The second-order valence-electron chi connectivity index (χ2n) is 11.4. The Morgan fingerprint density at radius 1 is 1.14 bits per heavy atom. The first-order valence-corrected chi connectivity index (χ1v) is 15.8. The van der Waals surface area contributed by atoms with Crippen molar-refractivity contribution in [3.05, 3.63) is 35.5 Å². The quantitative estimate of drug-likeness (QED) is 0.439. The van der Waals surface area contributed by atoms with E-state index in [0.717, 1.165) is 48.1 Å². The summed E-state index contributed by atoms with van der Waals surface area (Å²) in [5.41, 5.74) is 2.87. The highest BCUT2D eigenvalue weighted by Gasteiger charge is 2.51. The number of aromatic amines is 1. The molecule has 1 aromatic heterocycles. The lowest BCUT2D eigenvalue weighted by Gasteiger charge is -2.49. The number of hydrogen-bond donors (Lipinski definition) is 1. The van der Waals surface area contributed by atoms with Crippen molar-refractivity contribution in [1.29, 1.82) is 0 Å². The Morgan fingerprint density at radius 2 is 1.80 bits per heavy atom. The molecule has 192 valence electrons. The molecular weight excluding hydrogens is 458 g/mol. The van der Waals surface area contributed by atoms with Gasteiger partial charge in [0.1, 0.15) is 0 Å². The molecule has 0 spiro atoms. The monoisotopic (exact) mass is 499 g/mol. The van der Waals surface area contributed by atoms with E-state index in [0.29, 0.717) is 6.61 Å². The predicted octanol–water partition coefficient (Wildman–Crippen LogP) is 5.16. The van der Waals surface area contributed by atoms with Gasteiger partial charge < -0.3 is 19.0 Å². The van der Waals surface area contributed by atoms with Crippen LogP contribution in [0.15, 0.2) is 24.3 Å². The van der Waals surface area contributed by atoms with E-state index >= 15 is 0 Å². The number of ether oxygens (including phenoxy) is 1. The lowest BCUT2D eigenvalue weighted by Crippen LogP contribution is -2.58. The molecule has 2 aromatic rings. The zero-order chi connectivity index (χ0) is 25.5. The van der Waals surface area contributed by atoms with E-state index in [9.17, 15) is 9.59 Å². The molecule has 8 heteroatoms. The summed E-state index contributed by atoms with van der Waals surface area (Å²) >= 11 is 0. The van der Waals surface area contributed by atoms with Crippen LogP contribution in [0, 0.1) is 0 Å². The summed E-state index contributed by atoms with van der Waals surface area (Å²) in [7, 11) is -2.10. The molecule has 0 aliphatic carbocycles. The summed E-state index contributed by atoms with van der Waals surface area (Å²) in [6.45, 7) is 17.1. The van der Waals surface area contributed by atoms with Gasteiger partial charge >= 0.3 is 5.97 Å². The fourth-order valence-electron chi connectivity index (χ4n) is 5.39. The molecule has 1 aromatic carbocycles. The maximum Gasteiger partial charge on any atom is 0.335 e. The second kappa shape index (κ2) is 9.71. The number of hydrogen-bond acceptors (Lipinski definition) is 5. The number of amides is 1. The molecule has 0 bridgehead atoms. The number of carbonyl (C=O) groups excluding carboxylic acids is 2. The molecule has 4 rings (SSSR count). The molecule has 1 amide bonds. The number of benzene rings is 1. The summed E-state index contributed by atoms with van der Waals surface area (Å²) in [5.74, 6) is -0.534. The molecular formula is C27H41N3O4Si. The van der Waals surface area contributed by atoms with Crippen molar-refractivity contribution in [3.8, 4) is 0 Å². The highest BCUT2D eigenvalue weighted by Crippen LogP contribution is 2.47. The lowest BCUT2D eigenvalue weighted by atomic mass is 9.86. The molecule has 3 heterocycles. The topological polar surface area (TPSA) is 74.9 Å². The molecule has 2 aliphatic heterocycles. The van der Waals surface area contributed by atoms with E-state index in [-0.39, 0.29) is 29.6 Å². The normalized spacial score (nSPS) is 23.5. The van der Waals surface area contributed by atoms with Gasteiger partial charge in [-0.15, -0.1) is 0 Å². The SMILES string of the molecule is CCOC(=O)[C@H]1c2[nH]c3ccccc3c2[C@H](N2CCCC2)[C@@H](CO[Si](C)(C)C(C)(C)C)N1C(C)=O. The standard InChI is InChI=1S/C27H41N3O4Si/c1-8-33-26(32)25-23-22(19-13-9-10-14-20(19)28-23)24(29-15-11-12-16-29)21(30(25)18(2)31)17-34-35(6,7)27(3,4)5/h9-10,13-14,21,24-25,28H,8,11-12,15-17H2,1-7H3/t21-,24-,25-/m1/s1. The number of likely N-dealkylation sites (tertiary alicyclic amines) is 1. The van der Waals surface area contributed by atoms with Gasteiger partial charge in [-0.3, -0.25) is 9.69 Å².